The van der Waals surface area contributed by atoms with Gasteiger partial charge in [0.2, 0.25) is 0 Å². The Labute approximate surface area is 170 Å². The summed E-state index contributed by atoms with van der Waals surface area (Å²) in [5.41, 5.74) is 2.62. The van der Waals surface area contributed by atoms with E-state index in [2.05, 4.69) is 14.8 Å². The maximum absolute atomic E-state index is 12.7. The summed E-state index contributed by atoms with van der Waals surface area (Å²) in [4.78, 5) is 12.6. The first kappa shape index (κ1) is 22.7. The number of benzene rings is 2. The van der Waals surface area contributed by atoms with Crippen LogP contribution in [0.4, 0.5) is 23.2 Å². The molecule has 0 heterocycles. The number of amides is 1. The Morgan fingerprint density at radius 1 is 1.03 bits per heavy atom. The van der Waals surface area contributed by atoms with E-state index in [-0.39, 0.29) is 5.56 Å². The molecular formula is C21H18F4N2O3. The van der Waals surface area contributed by atoms with Gasteiger partial charge in [-0.3, -0.25) is 4.79 Å². The first-order valence-electron chi connectivity index (χ1n) is 8.65. The zero-order valence-corrected chi connectivity index (χ0v) is 16.3. The third kappa shape index (κ3) is 5.98. The van der Waals surface area contributed by atoms with E-state index in [1.165, 1.54) is 0 Å². The van der Waals surface area contributed by atoms with Crippen molar-refractivity contribution < 1.29 is 31.8 Å². The molecule has 0 aromatic heterocycles. The Hall–Kier alpha value is -3.54. The Morgan fingerprint density at radius 2 is 1.63 bits per heavy atom. The standard InChI is InChI=1S/C21H18F4N2O3/c1-11-6-12(2)18(13(3)7-11)27-19(28)15(10-26)8-14-4-5-16(29-20(22)23)9-17(14)30-21(24)25/h4-9,20-21H,1-3H3,(H,27,28)/b15-8+. The predicted octanol–water partition coefficient (Wildman–Crippen LogP) is 5.36. The summed E-state index contributed by atoms with van der Waals surface area (Å²) in [5.74, 6) is -1.69. The fourth-order valence-electron chi connectivity index (χ4n) is 2.87. The van der Waals surface area contributed by atoms with E-state index in [9.17, 15) is 27.6 Å². The summed E-state index contributed by atoms with van der Waals surface area (Å²) in [7, 11) is 0. The highest BCUT2D eigenvalue weighted by atomic mass is 19.3. The number of ether oxygens (including phenoxy) is 2. The van der Waals surface area contributed by atoms with Crippen molar-refractivity contribution in [3.05, 3.63) is 58.2 Å². The smallest absolute Gasteiger partial charge is 0.387 e. The lowest BCUT2D eigenvalue weighted by molar-refractivity contribution is -0.112. The van der Waals surface area contributed by atoms with Gasteiger partial charge in [-0.05, 0) is 50.1 Å². The maximum Gasteiger partial charge on any atom is 0.387 e. The van der Waals surface area contributed by atoms with Crippen LogP contribution in [0.3, 0.4) is 0 Å². The molecule has 0 saturated heterocycles. The van der Waals surface area contributed by atoms with Crippen LogP contribution in [-0.2, 0) is 4.79 Å². The summed E-state index contributed by atoms with van der Waals surface area (Å²) >= 11 is 0. The number of hydrogen-bond donors (Lipinski definition) is 1. The summed E-state index contributed by atoms with van der Waals surface area (Å²) in [6.07, 6.45) is 1.03. The van der Waals surface area contributed by atoms with Crippen LogP contribution >= 0.6 is 0 Å². The fraction of sp³-hybridized carbons (Fsp3) is 0.238. The number of hydrogen-bond acceptors (Lipinski definition) is 4. The minimum Gasteiger partial charge on any atom is -0.435 e. The number of nitriles is 1. The highest BCUT2D eigenvalue weighted by molar-refractivity contribution is 6.10. The molecule has 0 spiro atoms. The van der Waals surface area contributed by atoms with Gasteiger partial charge in [0, 0.05) is 17.3 Å². The van der Waals surface area contributed by atoms with Crippen molar-refractivity contribution >= 4 is 17.7 Å². The lowest BCUT2D eigenvalue weighted by Crippen LogP contribution is -2.15. The molecule has 0 aliphatic heterocycles. The molecule has 30 heavy (non-hydrogen) atoms. The quantitative estimate of drug-likeness (QED) is 0.370. The third-order valence-electron chi connectivity index (χ3n) is 4.01. The summed E-state index contributed by atoms with van der Waals surface area (Å²) in [6.45, 7) is -0.926. The van der Waals surface area contributed by atoms with Gasteiger partial charge >= 0.3 is 13.2 Å². The van der Waals surface area contributed by atoms with Crippen molar-refractivity contribution in [2.24, 2.45) is 0 Å². The number of halogens is 4. The average molecular weight is 422 g/mol. The monoisotopic (exact) mass is 422 g/mol. The van der Waals surface area contributed by atoms with Crippen molar-refractivity contribution in [2.75, 3.05) is 5.32 Å². The summed E-state index contributed by atoms with van der Waals surface area (Å²) in [5, 5.41) is 12.0. The highest BCUT2D eigenvalue weighted by Gasteiger charge is 2.17. The Morgan fingerprint density at radius 3 is 2.17 bits per heavy atom. The molecule has 0 saturated carbocycles. The summed E-state index contributed by atoms with van der Waals surface area (Å²) in [6, 6.07) is 8.45. The van der Waals surface area contributed by atoms with Crippen molar-refractivity contribution in [1.82, 2.24) is 0 Å². The van der Waals surface area contributed by atoms with E-state index >= 15 is 0 Å². The molecule has 158 valence electrons. The van der Waals surface area contributed by atoms with Crippen molar-refractivity contribution in [3.63, 3.8) is 0 Å². The number of rotatable bonds is 7. The Bertz CT molecular complexity index is 991. The van der Waals surface area contributed by atoms with E-state index in [4.69, 9.17) is 0 Å². The number of carbonyl (C=O) groups is 1. The zero-order valence-electron chi connectivity index (χ0n) is 16.3. The molecule has 0 atom stereocenters. The molecule has 2 aromatic rings. The number of nitrogens with zero attached hydrogens (tertiary/aromatic N) is 1. The molecule has 1 N–H and O–H groups in total. The first-order valence-corrected chi connectivity index (χ1v) is 8.65. The number of aryl methyl sites for hydroxylation is 3. The molecule has 0 fully saturated rings. The first-order chi connectivity index (χ1) is 14.1. The van der Waals surface area contributed by atoms with Gasteiger partial charge in [0.1, 0.15) is 23.1 Å². The van der Waals surface area contributed by atoms with E-state index in [1.54, 1.807) is 19.9 Å². The van der Waals surface area contributed by atoms with Crippen molar-refractivity contribution in [1.29, 1.82) is 5.26 Å². The Kier molecular flexibility index (Phi) is 7.42. The topological polar surface area (TPSA) is 71.4 Å². The van der Waals surface area contributed by atoms with Crippen LogP contribution in [0.15, 0.2) is 35.9 Å². The summed E-state index contributed by atoms with van der Waals surface area (Å²) < 4.78 is 58.6. The molecule has 0 unspecified atom stereocenters. The van der Waals surface area contributed by atoms with E-state index < -0.39 is 36.2 Å². The fourth-order valence-corrected chi connectivity index (χ4v) is 2.87. The van der Waals surface area contributed by atoms with Gasteiger partial charge in [-0.25, -0.2) is 0 Å². The second-order valence-electron chi connectivity index (χ2n) is 6.35. The number of carbonyl (C=O) groups excluding carboxylic acids is 1. The van der Waals surface area contributed by atoms with Crippen LogP contribution < -0.4 is 14.8 Å². The lowest BCUT2D eigenvalue weighted by Gasteiger charge is -2.13. The molecule has 0 aliphatic carbocycles. The highest BCUT2D eigenvalue weighted by Crippen LogP contribution is 2.30. The molecular weight excluding hydrogens is 404 g/mol. The second kappa shape index (κ2) is 9.78. The third-order valence-corrected chi connectivity index (χ3v) is 4.01. The van der Waals surface area contributed by atoms with Crippen LogP contribution in [0.25, 0.3) is 6.08 Å². The predicted molar refractivity (Wildman–Crippen MR) is 103 cm³/mol. The number of nitrogens with one attached hydrogen (secondary N) is 1. The van der Waals surface area contributed by atoms with Crippen LogP contribution in [0.2, 0.25) is 0 Å². The van der Waals surface area contributed by atoms with Crippen molar-refractivity contribution in [2.45, 2.75) is 34.0 Å². The maximum atomic E-state index is 12.7. The normalized spacial score (nSPS) is 11.4. The SMILES string of the molecule is Cc1cc(C)c(NC(=O)/C(C#N)=C/c2ccc(OC(F)F)cc2OC(F)F)c(C)c1. The average Bonchev–Trinajstić information content (AvgIpc) is 2.63. The molecule has 0 radical (unpaired) electrons. The molecule has 1 amide bonds. The van der Waals surface area contributed by atoms with Gasteiger partial charge < -0.3 is 14.8 Å². The minimum absolute atomic E-state index is 0.0824. The van der Waals surface area contributed by atoms with Gasteiger partial charge in [0.15, 0.2) is 0 Å². The molecule has 5 nitrogen and oxygen atoms in total. The van der Waals surface area contributed by atoms with E-state index in [0.29, 0.717) is 5.69 Å². The molecule has 9 heteroatoms. The number of anilines is 1. The molecule has 2 aromatic carbocycles. The zero-order chi connectivity index (χ0) is 22.4. The van der Waals surface area contributed by atoms with Gasteiger partial charge in [0.25, 0.3) is 5.91 Å². The van der Waals surface area contributed by atoms with Gasteiger partial charge in [0.05, 0.1) is 0 Å². The number of alkyl halides is 4. The molecule has 0 aliphatic rings. The van der Waals surface area contributed by atoms with Crippen LogP contribution in [0.5, 0.6) is 11.5 Å². The minimum atomic E-state index is -3.25. The largest absolute Gasteiger partial charge is 0.435 e. The van der Waals surface area contributed by atoms with E-state index in [0.717, 1.165) is 41.0 Å². The van der Waals surface area contributed by atoms with Crippen LogP contribution in [0.1, 0.15) is 22.3 Å². The second-order valence-corrected chi connectivity index (χ2v) is 6.35. The molecule has 2 rings (SSSR count). The Balaban J connectivity index is 2.39. The van der Waals surface area contributed by atoms with E-state index in [1.807, 2.05) is 19.1 Å². The van der Waals surface area contributed by atoms with Crippen LogP contribution in [-0.4, -0.2) is 19.1 Å². The molecule has 0 bridgehead atoms. The van der Waals surface area contributed by atoms with Gasteiger partial charge in [-0.15, -0.1) is 0 Å². The van der Waals surface area contributed by atoms with Gasteiger partial charge in [-0.2, -0.15) is 22.8 Å². The lowest BCUT2D eigenvalue weighted by atomic mass is 10.0. The van der Waals surface area contributed by atoms with Crippen molar-refractivity contribution in [3.8, 4) is 17.6 Å². The van der Waals surface area contributed by atoms with Gasteiger partial charge in [-0.1, -0.05) is 17.7 Å². The van der Waals surface area contributed by atoms with Crippen LogP contribution in [0, 0.1) is 32.1 Å².